The van der Waals surface area contributed by atoms with Crippen molar-refractivity contribution in [3.63, 3.8) is 0 Å². The number of carbonyl (C=O) groups excluding carboxylic acids is 2. The summed E-state index contributed by atoms with van der Waals surface area (Å²) >= 11 is 13.8. The van der Waals surface area contributed by atoms with Crippen molar-refractivity contribution in [3.05, 3.63) is 56.2 Å². The maximum atomic E-state index is 12.4. The molecule has 0 spiro atoms. The molecule has 3 rings (SSSR count). The zero-order valence-electron chi connectivity index (χ0n) is 15.5. The number of nitrogens with one attached hydrogen (secondary N) is 1. The predicted octanol–water partition coefficient (Wildman–Crippen LogP) is 3.91. The van der Waals surface area contributed by atoms with Gasteiger partial charge in [-0.25, -0.2) is 0 Å². The number of benzene rings is 1. The summed E-state index contributed by atoms with van der Waals surface area (Å²) in [5.74, 6) is 0.0622. The molecule has 2 heterocycles. The standard InChI is InChI=1S/C20H23Cl2N3O2S/c21-17-4-1-3-15(19(17)22)13-24-8-10-25(11-9-24)18(26)5-2-7-23-20(27)16-6-12-28-14-16/h1,3-4,6,12,14H,2,5,7-11,13H2,(H,23,27). The molecule has 1 aliphatic rings. The minimum atomic E-state index is -0.0815. The van der Waals surface area contributed by atoms with Gasteiger partial charge in [0.25, 0.3) is 5.91 Å². The van der Waals surface area contributed by atoms with Crippen molar-refractivity contribution < 1.29 is 9.59 Å². The van der Waals surface area contributed by atoms with E-state index in [2.05, 4.69) is 10.2 Å². The fourth-order valence-corrected chi connectivity index (χ4v) is 4.18. The highest BCUT2D eigenvalue weighted by molar-refractivity contribution is 7.08. The first kappa shape index (κ1) is 21.1. The second-order valence-corrected chi connectivity index (χ2v) is 8.31. The van der Waals surface area contributed by atoms with E-state index < -0.39 is 0 Å². The van der Waals surface area contributed by atoms with Crippen molar-refractivity contribution in [1.82, 2.24) is 15.1 Å². The van der Waals surface area contributed by atoms with Crippen LogP contribution in [0.25, 0.3) is 0 Å². The van der Waals surface area contributed by atoms with Gasteiger partial charge >= 0.3 is 0 Å². The van der Waals surface area contributed by atoms with Gasteiger partial charge in [-0.2, -0.15) is 11.3 Å². The van der Waals surface area contributed by atoms with Gasteiger partial charge in [-0.3, -0.25) is 14.5 Å². The van der Waals surface area contributed by atoms with Crippen LogP contribution in [0.3, 0.4) is 0 Å². The third-order valence-electron chi connectivity index (χ3n) is 4.79. The van der Waals surface area contributed by atoms with Gasteiger partial charge in [0.2, 0.25) is 5.91 Å². The van der Waals surface area contributed by atoms with Crippen LogP contribution in [0.15, 0.2) is 35.0 Å². The third kappa shape index (κ3) is 5.70. The molecule has 1 aromatic carbocycles. The number of piperazine rings is 1. The van der Waals surface area contributed by atoms with Crippen LogP contribution >= 0.6 is 34.5 Å². The molecule has 8 heteroatoms. The SMILES string of the molecule is O=C(NCCCC(=O)N1CCN(Cc2cccc(Cl)c2Cl)CC1)c1ccsc1. The lowest BCUT2D eigenvalue weighted by Gasteiger charge is -2.35. The normalized spacial score (nSPS) is 14.9. The molecule has 1 N–H and O–H groups in total. The predicted molar refractivity (Wildman–Crippen MR) is 114 cm³/mol. The van der Waals surface area contributed by atoms with E-state index in [1.54, 1.807) is 12.1 Å². The van der Waals surface area contributed by atoms with Crippen LogP contribution in [0.4, 0.5) is 0 Å². The Balaban J connectivity index is 1.35. The Morgan fingerprint density at radius 3 is 2.61 bits per heavy atom. The fraction of sp³-hybridized carbons (Fsp3) is 0.400. The average Bonchev–Trinajstić information content (AvgIpc) is 3.24. The topological polar surface area (TPSA) is 52.7 Å². The molecule has 0 atom stereocenters. The number of thiophene rings is 1. The highest BCUT2D eigenvalue weighted by Gasteiger charge is 2.21. The van der Waals surface area contributed by atoms with Crippen LogP contribution in [0.2, 0.25) is 10.0 Å². The Labute approximate surface area is 179 Å². The smallest absolute Gasteiger partial charge is 0.252 e. The Morgan fingerprint density at radius 1 is 1.11 bits per heavy atom. The quantitative estimate of drug-likeness (QED) is 0.665. The fourth-order valence-electron chi connectivity index (χ4n) is 3.16. The van der Waals surface area contributed by atoms with Crippen molar-refractivity contribution in [2.24, 2.45) is 0 Å². The summed E-state index contributed by atoms with van der Waals surface area (Å²) in [5, 5.41) is 7.71. The van der Waals surface area contributed by atoms with Crippen molar-refractivity contribution in [2.75, 3.05) is 32.7 Å². The van der Waals surface area contributed by atoms with Crippen LogP contribution in [0, 0.1) is 0 Å². The summed E-state index contributed by atoms with van der Waals surface area (Å²) in [7, 11) is 0. The average molecular weight is 440 g/mol. The molecule has 0 unspecified atom stereocenters. The molecule has 0 radical (unpaired) electrons. The molecule has 2 aromatic rings. The number of hydrogen-bond acceptors (Lipinski definition) is 4. The lowest BCUT2D eigenvalue weighted by atomic mass is 10.2. The third-order valence-corrected chi connectivity index (χ3v) is 6.33. The molecule has 1 aromatic heterocycles. The van der Waals surface area contributed by atoms with Crippen molar-refractivity contribution in [2.45, 2.75) is 19.4 Å². The molecule has 1 saturated heterocycles. The summed E-state index contributed by atoms with van der Waals surface area (Å²) in [6.45, 7) is 4.27. The number of hydrogen-bond donors (Lipinski definition) is 1. The molecule has 5 nitrogen and oxygen atoms in total. The highest BCUT2D eigenvalue weighted by atomic mass is 35.5. The first-order valence-corrected chi connectivity index (χ1v) is 11.0. The summed E-state index contributed by atoms with van der Waals surface area (Å²) in [6, 6.07) is 7.46. The van der Waals surface area contributed by atoms with E-state index in [1.807, 2.05) is 27.8 Å². The number of halogens is 2. The van der Waals surface area contributed by atoms with Gasteiger partial charge in [-0.05, 0) is 29.5 Å². The number of amides is 2. The monoisotopic (exact) mass is 439 g/mol. The lowest BCUT2D eigenvalue weighted by molar-refractivity contribution is -0.133. The Bertz CT molecular complexity index is 806. The van der Waals surface area contributed by atoms with E-state index in [-0.39, 0.29) is 11.8 Å². The summed E-state index contributed by atoms with van der Waals surface area (Å²) < 4.78 is 0. The van der Waals surface area contributed by atoms with E-state index in [1.165, 1.54) is 11.3 Å². The van der Waals surface area contributed by atoms with Gasteiger partial charge < -0.3 is 10.2 Å². The van der Waals surface area contributed by atoms with Crippen LogP contribution < -0.4 is 5.32 Å². The van der Waals surface area contributed by atoms with Gasteiger partial charge in [0.05, 0.1) is 10.0 Å². The van der Waals surface area contributed by atoms with E-state index >= 15 is 0 Å². The molecule has 0 aliphatic carbocycles. The van der Waals surface area contributed by atoms with Gasteiger partial charge in [0.1, 0.15) is 0 Å². The number of nitrogens with zero attached hydrogens (tertiary/aromatic N) is 2. The zero-order valence-corrected chi connectivity index (χ0v) is 17.8. The molecular weight excluding hydrogens is 417 g/mol. The summed E-state index contributed by atoms with van der Waals surface area (Å²) in [4.78, 5) is 28.4. The van der Waals surface area contributed by atoms with Crippen LogP contribution in [-0.4, -0.2) is 54.3 Å². The molecule has 150 valence electrons. The van der Waals surface area contributed by atoms with Crippen LogP contribution in [0.1, 0.15) is 28.8 Å². The van der Waals surface area contributed by atoms with Crippen molar-refractivity contribution in [3.8, 4) is 0 Å². The first-order chi connectivity index (χ1) is 13.5. The van der Waals surface area contributed by atoms with E-state index in [9.17, 15) is 9.59 Å². The van der Waals surface area contributed by atoms with E-state index in [0.29, 0.717) is 48.1 Å². The maximum Gasteiger partial charge on any atom is 0.252 e. The van der Waals surface area contributed by atoms with E-state index in [4.69, 9.17) is 23.2 Å². The lowest BCUT2D eigenvalue weighted by Crippen LogP contribution is -2.48. The van der Waals surface area contributed by atoms with Crippen molar-refractivity contribution in [1.29, 1.82) is 0 Å². The maximum absolute atomic E-state index is 12.4. The van der Waals surface area contributed by atoms with Crippen molar-refractivity contribution >= 4 is 46.4 Å². The second kappa shape index (κ2) is 10.3. The zero-order chi connectivity index (χ0) is 19.9. The molecule has 1 aliphatic heterocycles. The molecule has 0 saturated carbocycles. The highest BCUT2D eigenvalue weighted by Crippen LogP contribution is 2.26. The number of rotatable bonds is 7. The molecule has 0 bridgehead atoms. The van der Waals surface area contributed by atoms with Crippen LogP contribution in [0.5, 0.6) is 0 Å². The van der Waals surface area contributed by atoms with Crippen LogP contribution in [-0.2, 0) is 11.3 Å². The first-order valence-electron chi connectivity index (χ1n) is 9.28. The largest absolute Gasteiger partial charge is 0.352 e. The van der Waals surface area contributed by atoms with Gasteiger partial charge in [-0.1, -0.05) is 35.3 Å². The Morgan fingerprint density at radius 2 is 1.89 bits per heavy atom. The van der Waals surface area contributed by atoms with Gasteiger partial charge in [0.15, 0.2) is 0 Å². The Kier molecular flexibility index (Phi) is 7.73. The minimum absolute atomic E-state index is 0.0815. The molecule has 2 amide bonds. The number of carbonyl (C=O) groups is 2. The summed E-state index contributed by atoms with van der Waals surface area (Å²) in [5.41, 5.74) is 1.68. The minimum Gasteiger partial charge on any atom is -0.352 e. The Hall–Kier alpha value is -1.60. The van der Waals surface area contributed by atoms with Gasteiger partial charge in [-0.15, -0.1) is 0 Å². The summed E-state index contributed by atoms with van der Waals surface area (Å²) in [6.07, 6.45) is 1.09. The molecule has 1 fully saturated rings. The van der Waals surface area contributed by atoms with E-state index in [0.717, 1.165) is 25.2 Å². The van der Waals surface area contributed by atoms with Gasteiger partial charge in [0, 0.05) is 56.6 Å². The molecule has 28 heavy (non-hydrogen) atoms. The molecular formula is C20H23Cl2N3O2S. The second-order valence-electron chi connectivity index (χ2n) is 6.74.